The third-order valence-electron chi connectivity index (χ3n) is 8.91. The van der Waals surface area contributed by atoms with Crippen LogP contribution < -0.4 is 10.6 Å². The Morgan fingerprint density at radius 2 is 1.78 bits per heavy atom. The number of nitrogens with zero attached hydrogens (tertiary/aromatic N) is 2. The Kier molecular flexibility index (Phi) is 10.2. The second-order valence-electron chi connectivity index (χ2n) is 12.9. The van der Waals surface area contributed by atoms with E-state index in [0.29, 0.717) is 31.7 Å². The van der Waals surface area contributed by atoms with Crippen molar-refractivity contribution in [1.82, 2.24) is 15.2 Å². The second-order valence-corrected chi connectivity index (χ2v) is 14.9. The van der Waals surface area contributed by atoms with Crippen molar-refractivity contribution in [3.05, 3.63) is 66.4 Å². The number of aromatic nitrogens is 1. The summed E-state index contributed by atoms with van der Waals surface area (Å²) in [6, 6.07) is 10.8. The molecule has 2 heterocycles. The summed E-state index contributed by atoms with van der Waals surface area (Å²) in [4.78, 5) is 31.8. The molecule has 49 heavy (non-hydrogen) atoms. The highest BCUT2D eigenvalue weighted by molar-refractivity contribution is 7.91. The van der Waals surface area contributed by atoms with Gasteiger partial charge in [0.25, 0.3) is 11.6 Å². The number of carbonyl (C=O) groups is 2. The van der Waals surface area contributed by atoms with Gasteiger partial charge in [0.2, 0.25) is 0 Å². The first-order valence-electron chi connectivity index (χ1n) is 15.8. The van der Waals surface area contributed by atoms with Crippen LogP contribution in [0.5, 0.6) is 0 Å². The summed E-state index contributed by atoms with van der Waals surface area (Å²) in [6.45, 7) is 4.53. The third kappa shape index (κ3) is 8.11. The fourth-order valence-electron chi connectivity index (χ4n) is 6.57. The largest absolute Gasteiger partial charge is 0.491 e. The molecule has 0 bridgehead atoms. The fraction of sp³-hybridized carbons (Fsp3) is 0.485. The molecule has 9 nitrogen and oxygen atoms in total. The minimum Gasteiger partial charge on any atom is -0.423 e. The van der Waals surface area contributed by atoms with E-state index in [1.54, 1.807) is 18.2 Å². The van der Waals surface area contributed by atoms with E-state index in [1.807, 2.05) is 13.8 Å². The van der Waals surface area contributed by atoms with Gasteiger partial charge in [-0.3, -0.25) is 9.78 Å². The van der Waals surface area contributed by atoms with Gasteiger partial charge in [-0.25, -0.2) is 13.2 Å². The number of amides is 1. The minimum atomic E-state index is -5.48. The Morgan fingerprint density at radius 3 is 2.43 bits per heavy atom. The van der Waals surface area contributed by atoms with Gasteiger partial charge in [-0.1, -0.05) is 38.1 Å². The molecule has 266 valence electrons. The van der Waals surface area contributed by atoms with E-state index in [9.17, 15) is 44.3 Å². The van der Waals surface area contributed by atoms with Crippen LogP contribution in [0.4, 0.5) is 32.0 Å². The molecule has 2 N–H and O–H groups in total. The molecule has 4 atom stereocenters. The molecule has 0 unspecified atom stereocenters. The number of anilines is 1. The van der Waals surface area contributed by atoms with Gasteiger partial charge in [-0.15, -0.1) is 0 Å². The van der Waals surface area contributed by atoms with E-state index in [0.717, 1.165) is 24.4 Å². The van der Waals surface area contributed by atoms with E-state index >= 15 is 0 Å². The summed E-state index contributed by atoms with van der Waals surface area (Å²) in [6.07, 6.45) is -8.30. The fourth-order valence-corrected chi connectivity index (χ4v) is 8.26. The molecule has 0 radical (unpaired) electrons. The van der Waals surface area contributed by atoms with Gasteiger partial charge in [0, 0.05) is 42.3 Å². The van der Waals surface area contributed by atoms with Crippen molar-refractivity contribution in [3.8, 4) is 0 Å². The highest BCUT2D eigenvalue weighted by atomic mass is 32.2. The summed E-state index contributed by atoms with van der Waals surface area (Å²) in [5.41, 5.74) is -3.87. The van der Waals surface area contributed by atoms with Crippen LogP contribution in [0.2, 0.25) is 0 Å². The number of fused-ring (bicyclic) bond motifs is 1. The quantitative estimate of drug-likeness (QED) is 0.150. The maximum absolute atomic E-state index is 14.3. The summed E-state index contributed by atoms with van der Waals surface area (Å²) < 4.78 is 113. The van der Waals surface area contributed by atoms with Crippen LogP contribution in [0.1, 0.15) is 45.1 Å². The van der Waals surface area contributed by atoms with Crippen LogP contribution in [0.3, 0.4) is 0 Å². The molecule has 3 aromatic rings. The van der Waals surface area contributed by atoms with Crippen LogP contribution in [-0.2, 0) is 30.3 Å². The van der Waals surface area contributed by atoms with Crippen LogP contribution in [0.15, 0.2) is 65.7 Å². The number of carbonyl (C=O) groups excluding carboxylic acids is 2. The summed E-state index contributed by atoms with van der Waals surface area (Å²) in [7, 11) is -3.85. The predicted molar refractivity (Wildman–Crippen MR) is 168 cm³/mol. The first kappa shape index (κ1) is 36.4. The average molecular weight is 715 g/mol. The number of pyridine rings is 1. The Balaban J connectivity index is 1.50. The SMILES string of the molecule is CC(C)CN[C@@H]1CC[C@H](N2CC[C@](Nc3ccnc4cc(C(F)(F)F)ccc34)(OC(=O)C(F)(F)F)C2=O)[C@H](CS(=O)(=O)c2ccccc2)C1. The molecular formula is C33H36F6N4O5S. The van der Waals surface area contributed by atoms with Crippen molar-refractivity contribution in [2.24, 2.45) is 11.8 Å². The number of halogens is 6. The summed E-state index contributed by atoms with van der Waals surface area (Å²) >= 11 is 0. The topological polar surface area (TPSA) is 118 Å². The van der Waals surface area contributed by atoms with Gasteiger partial charge < -0.3 is 20.3 Å². The van der Waals surface area contributed by atoms with Crippen molar-refractivity contribution in [1.29, 1.82) is 0 Å². The van der Waals surface area contributed by atoms with Crippen molar-refractivity contribution in [3.63, 3.8) is 0 Å². The normalized spacial score (nSPS) is 23.7. The van der Waals surface area contributed by atoms with Crippen molar-refractivity contribution in [2.75, 3.05) is 24.2 Å². The summed E-state index contributed by atoms with van der Waals surface area (Å²) in [5.74, 6) is -4.33. The molecule has 1 aromatic heterocycles. The highest BCUT2D eigenvalue weighted by Gasteiger charge is 2.57. The van der Waals surface area contributed by atoms with Gasteiger partial charge in [0.1, 0.15) is 0 Å². The number of hydrogen-bond donors (Lipinski definition) is 2. The first-order chi connectivity index (χ1) is 22.9. The van der Waals surface area contributed by atoms with Crippen LogP contribution >= 0.6 is 0 Å². The number of benzene rings is 2. The van der Waals surface area contributed by atoms with Gasteiger partial charge in [-0.05, 0) is 68.0 Å². The van der Waals surface area contributed by atoms with Crippen molar-refractivity contribution >= 4 is 38.3 Å². The monoisotopic (exact) mass is 714 g/mol. The molecule has 16 heteroatoms. The zero-order valence-electron chi connectivity index (χ0n) is 26.6. The van der Waals surface area contributed by atoms with E-state index in [1.165, 1.54) is 23.1 Å². The van der Waals surface area contributed by atoms with Crippen LogP contribution in [0, 0.1) is 11.8 Å². The van der Waals surface area contributed by atoms with Crippen molar-refractivity contribution in [2.45, 2.75) is 74.6 Å². The molecule has 2 aliphatic rings. The van der Waals surface area contributed by atoms with Gasteiger partial charge in [0.15, 0.2) is 9.84 Å². The molecular weight excluding hydrogens is 678 g/mol. The second kappa shape index (κ2) is 13.8. The molecule has 1 saturated heterocycles. The lowest BCUT2D eigenvalue weighted by Gasteiger charge is -2.42. The molecule has 1 amide bonds. The van der Waals surface area contributed by atoms with E-state index < -0.39 is 63.7 Å². The van der Waals surface area contributed by atoms with Crippen LogP contribution in [0.25, 0.3) is 10.9 Å². The molecule has 0 spiro atoms. The lowest BCUT2D eigenvalue weighted by molar-refractivity contribution is -0.211. The number of sulfone groups is 1. The van der Waals surface area contributed by atoms with E-state index in [4.69, 9.17) is 4.74 Å². The Bertz CT molecular complexity index is 1790. The smallest absolute Gasteiger partial charge is 0.423 e. The van der Waals surface area contributed by atoms with Crippen molar-refractivity contribution < 1.29 is 49.1 Å². The van der Waals surface area contributed by atoms with E-state index in [2.05, 4.69) is 15.6 Å². The van der Waals surface area contributed by atoms with Gasteiger partial charge in [0.05, 0.1) is 21.7 Å². The average Bonchev–Trinajstić information content (AvgIpc) is 3.34. The molecule has 2 fully saturated rings. The van der Waals surface area contributed by atoms with E-state index in [-0.39, 0.29) is 39.8 Å². The standard InChI is InChI=1S/C33H36F6N4O5S/c1-20(2)18-41-23-9-11-28(21(16-23)19-49(46,47)24-6-4-3-5-7-24)43-15-13-31(29(43)44,48-30(45)33(37,38)39)42-26-12-14-40-27-17-22(32(34,35)36)8-10-25(26)27/h3-8,10,12,14,17,20-21,23,28,41H,9,11,13,15-16,18-19H2,1-2H3,(H,40,42)/t21-,23+,28-,31-/m0/s1. The molecule has 5 rings (SSSR count). The number of esters is 1. The number of alkyl halides is 6. The summed E-state index contributed by atoms with van der Waals surface area (Å²) in [5, 5.41) is 6.10. The number of likely N-dealkylation sites (tertiary alicyclic amines) is 1. The zero-order chi connectivity index (χ0) is 35.8. The first-order valence-corrected chi connectivity index (χ1v) is 17.4. The Hall–Kier alpha value is -3.92. The Labute approximate surface area is 279 Å². The lowest BCUT2D eigenvalue weighted by Crippen LogP contribution is -2.56. The predicted octanol–water partition coefficient (Wildman–Crippen LogP) is 5.96. The number of rotatable bonds is 10. The Morgan fingerprint density at radius 1 is 1.06 bits per heavy atom. The molecule has 1 aliphatic carbocycles. The minimum absolute atomic E-state index is 0.0350. The highest BCUT2D eigenvalue weighted by Crippen LogP contribution is 2.40. The maximum Gasteiger partial charge on any atom is 0.491 e. The number of nitrogens with one attached hydrogen (secondary N) is 2. The third-order valence-corrected chi connectivity index (χ3v) is 10.8. The number of ether oxygens (including phenoxy) is 1. The molecule has 2 aromatic carbocycles. The molecule has 1 aliphatic heterocycles. The van der Waals surface area contributed by atoms with Gasteiger partial charge >= 0.3 is 18.3 Å². The number of hydrogen-bond acceptors (Lipinski definition) is 8. The lowest BCUT2D eigenvalue weighted by atomic mass is 9.81. The van der Waals surface area contributed by atoms with Crippen LogP contribution in [-0.4, -0.2) is 73.0 Å². The van der Waals surface area contributed by atoms with Gasteiger partial charge in [-0.2, -0.15) is 26.3 Å². The zero-order valence-corrected chi connectivity index (χ0v) is 27.5. The maximum atomic E-state index is 14.3. The molecule has 1 saturated carbocycles.